The van der Waals surface area contributed by atoms with Gasteiger partial charge in [-0.15, -0.1) is 0 Å². The number of amides is 4. The SMILES string of the molecule is CC[C@H](C)[C@@H]([C@H](C)CC(=O)N1CCC[C@H]1[C@H](OC)[C@@H](C)C(=O)N(C)CCc1cccc(N)c1)N(C)C(=O)[C@@H](NC(=O)CN(C)C)C(C)C. The highest BCUT2D eigenvalue weighted by Gasteiger charge is 2.42. The quantitative estimate of drug-likeness (QED) is 0.229. The normalized spacial score (nSPS) is 18.6. The van der Waals surface area contributed by atoms with Gasteiger partial charge in [0.2, 0.25) is 23.6 Å². The lowest BCUT2D eigenvalue weighted by Gasteiger charge is -2.40. The highest BCUT2D eigenvalue weighted by Crippen LogP contribution is 2.31. The first-order valence-electron chi connectivity index (χ1n) is 17.7. The molecule has 0 aliphatic carbocycles. The Kier molecular flexibility index (Phi) is 16.3. The maximum atomic E-state index is 14.0. The molecular weight excluding hydrogens is 608 g/mol. The average Bonchev–Trinajstić information content (AvgIpc) is 3.51. The van der Waals surface area contributed by atoms with Crippen LogP contribution in [0, 0.1) is 23.7 Å². The van der Waals surface area contributed by atoms with Crippen molar-refractivity contribution in [3.63, 3.8) is 0 Å². The number of carbonyl (C=O) groups is 4. The summed E-state index contributed by atoms with van der Waals surface area (Å²) < 4.78 is 5.96. The van der Waals surface area contributed by atoms with E-state index in [0.717, 1.165) is 24.8 Å². The van der Waals surface area contributed by atoms with E-state index in [1.54, 1.807) is 35.9 Å². The van der Waals surface area contributed by atoms with E-state index in [-0.39, 0.29) is 66.4 Å². The van der Waals surface area contributed by atoms with Gasteiger partial charge in [-0.25, -0.2) is 0 Å². The van der Waals surface area contributed by atoms with Gasteiger partial charge in [0.05, 0.1) is 24.6 Å². The number of nitrogens with two attached hydrogens (primary N) is 1. The number of nitrogens with zero attached hydrogens (tertiary/aromatic N) is 4. The van der Waals surface area contributed by atoms with E-state index in [1.807, 2.05) is 71.0 Å². The minimum absolute atomic E-state index is 0.00978. The van der Waals surface area contributed by atoms with Crippen LogP contribution in [0.5, 0.6) is 0 Å². The van der Waals surface area contributed by atoms with Crippen LogP contribution < -0.4 is 11.1 Å². The molecule has 1 aromatic carbocycles. The lowest BCUT2D eigenvalue weighted by atomic mass is 9.84. The highest BCUT2D eigenvalue weighted by molar-refractivity contribution is 5.88. The Morgan fingerprint density at radius 3 is 2.25 bits per heavy atom. The third-order valence-electron chi connectivity index (χ3n) is 10.0. The lowest BCUT2D eigenvalue weighted by Crippen LogP contribution is -2.56. The molecule has 1 heterocycles. The number of rotatable bonds is 18. The summed E-state index contributed by atoms with van der Waals surface area (Å²) in [6.07, 6.45) is 2.95. The molecule has 3 N–H and O–H groups in total. The van der Waals surface area contributed by atoms with Crippen LogP contribution in [0.15, 0.2) is 24.3 Å². The van der Waals surface area contributed by atoms with E-state index in [0.29, 0.717) is 25.2 Å². The van der Waals surface area contributed by atoms with Crippen molar-refractivity contribution in [2.45, 2.75) is 97.9 Å². The van der Waals surface area contributed by atoms with Gasteiger partial charge in [0.15, 0.2) is 0 Å². The van der Waals surface area contributed by atoms with Gasteiger partial charge >= 0.3 is 0 Å². The van der Waals surface area contributed by atoms with E-state index in [9.17, 15) is 19.2 Å². The number of nitrogens with one attached hydrogen (secondary N) is 1. The van der Waals surface area contributed by atoms with Crippen molar-refractivity contribution in [1.29, 1.82) is 0 Å². The van der Waals surface area contributed by atoms with Crippen molar-refractivity contribution < 1.29 is 23.9 Å². The Labute approximate surface area is 289 Å². The van der Waals surface area contributed by atoms with Crippen LogP contribution in [0.25, 0.3) is 0 Å². The summed E-state index contributed by atoms with van der Waals surface area (Å²) in [6, 6.07) is 6.62. The first kappa shape index (κ1) is 41.0. The molecule has 0 saturated carbocycles. The van der Waals surface area contributed by atoms with E-state index < -0.39 is 18.1 Å². The van der Waals surface area contributed by atoms with Gasteiger partial charge in [-0.3, -0.25) is 19.2 Å². The summed E-state index contributed by atoms with van der Waals surface area (Å²) in [5, 5.41) is 2.94. The van der Waals surface area contributed by atoms with E-state index in [2.05, 4.69) is 19.2 Å². The molecule has 0 unspecified atom stereocenters. The van der Waals surface area contributed by atoms with E-state index in [4.69, 9.17) is 10.5 Å². The Balaban J connectivity index is 2.16. The molecule has 1 aromatic rings. The second kappa shape index (κ2) is 19.1. The van der Waals surface area contributed by atoms with Gasteiger partial charge in [0, 0.05) is 52.4 Å². The number of likely N-dealkylation sites (N-methyl/N-ethyl adjacent to an activating group) is 3. The van der Waals surface area contributed by atoms with Gasteiger partial charge in [0.1, 0.15) is 6.04 Å². The second-order valence-electron chi connectivity index (χ2n) is 14.6. The number of ether oxygens (including phenoxy) is 1. The summed E-state index contributed by atoms with van der Waals surface area (Å²) in [7, 11) is 8.85. The molecular formula is C37H64N6O5. The number of likely N-dealkylation sites (tertiary alicyclic amines) is 1. The predicted octanol–water partition coefficient (Wildman–Crippen LogP) is 3.51. The molecule has 0 bridgehead atoms. The van der Waals surface area contributed by atoms with Crippen LogP contribution in [-0.4, -0.2) is 122 Å². The third-order valence-corrected chi connectivity index (χ3v) is 10.0. The Morgan fingerprint density at radius 1 is 1.02 bits per heavy atom. The molecule has 0 radical (unpaired) electrons. The van der Waals surface area contributed by atoms with Crippen LogP contribution >= 0.6 is 0 Å². The van der Waals surface area contributed by atoms with Gasteiger partial charge in [0.25, 0.3) is 0 Å². The smallest absolute Gasteiger partial charge is 0.245 e. The monoisotopic (exact) mass is 672 g/mol. The molecule has 11 heteroatoms. The van der Waals surface area contributed by atoms with Crippen LogP contribution in [0.2, 0.25) is 0 Å². The zero-order chi connectivity index (χ0) is 36.3. The number of hydrogen-bond acceptors (Lipinski definition) is 7. The summed E-state index contributed by atoms with van der Waals surface area (Å²) in [5.41, 5.74) is 7.70. The molecule has 272 valence electrons. The number of nitrogen functional groups attached to an aromatic ring is 1. The number of methoxy groups -OCH3 is 1. The molecule has 48 heavy (non-hydrogen) atoms. The van der Waals surface area contributed by atoms with Crippen molar-refractivity contribution in [2.24, 2.45) is 23.7 Å². The van der Waals surface area contributed by atoms with Gasteiger partial charge in [-0.2, -0.15) is 0 Å². The molecule has 1 aliphatic rings. The van der Waals surface area contributed by atoms with Crippen molar-refractivity contribution in [3.05, 3.63) is 29.8 Å². The molecule has 11 nitrogen and oxygen atoms in total. The molecule has 4 amide bonds. The third kappa shape index (κ3) is 11.2. The van der Waals surface area contributed by atoms with Crippen molar-refractivity contribution in [1.82, 2.24) is 24.9 Å². The average molecular weight is 673 g/mol. The van der Waals surface area contributed by atoms with Crippen molar-refractivity contribution >= 4 is 29.3 Å². The maximum Gasteiger partial charge on any atom is 0.245 e. The standard InChI is InChI=1S/C37H64N6O5/c1-12-25(4)34(42(10)37(47)33(24(2)3)39-31(44)23-40(7)8)26(5)21-32(45)43-19-14-17-30(43)35(48-11)27(6)36(46)41(9)20-18-28-15-13-16-29(38)22-28/h13,15-16,22,24-27,30,33-35H,12,14,17-21,23,38H2,1-11H3,(H,39,44)/t25-,26+,27+,30-,33-,34-,35+/m0/s1. The number of hydrogen-bond donors (Lipinski definition) is 2. The highest BCUT2D eigenvalue weighted by atomic mass is 16.5. The predicted molar refractivity (Wildman–Crippen MR) is 192 cm³/mol. The van der Waals surface area contributed by atoms with E-state index in [1.165, 1.54) is 0 Å². The van der Waals surface area contributed by atoms with Gasteiger partial charge in [-0.1, -0.05) is 60.1 Å². The van der Waals surface area contributed by atoms with Crippen LogP contribution in [0.1, 0.15) is 72.8 Å². The largest absolute Gasteiger partial charge is 0.399 e. The minimum Gasteiger partial charge on any atom is -0.399 e. The second-order valence-corrected chi connectivity index (χ2v) is 14.6. The lowest BCUT2D eigenvalue weighted by molar-refractivity contribution is -0.146. The number of anilines is 1. The zero-order valence-corrected chi connectivity index (χ0v) is 31.5. The zero-order valence-electron chi connectivity index (χ0n) is 31.5. The fraction of sp³-hybridized carbons (Fsp3) is 0.730. The first-order chi connectivity index (χ1) is 22.5. The topological polar surface area (TPSA) is 129 Å². The van der Waals surface area contributed by atoms with Crippen molar-refractivity contribution in [3.8, 4) is 0 Å². The Hall–Kier alpha value is -3.18. The van der Waals surface area contributed by atoms with Gasteiger partial charge < -0.3 is 35.4 Å². The van der Waals surface area contributed by atoms with Crippen LogP contribution in [-0.2, 0) is 30.3 Å². The van der Waals surface area contributed by atoms with E-state index >= 15 is 0 Å². The van der Waals surface area contributed by atoms with Gasteiger partial charge in [-0.05, 0) is 68.8 Å². The molecule has 1 saturated heterocycles. The summed E-state index contributed by atoms with van der Waals surface area (Å²) in [4.78, 5) is 61.2. The molecule has 1 fully saturated rings. The maximum absolute atomic E-state index is 14.0. The fourth-order valence-corrected chi connectivity index (χ4v) is 7.25. The minimum atomic E-state index is -0.662. The molecule has 7 atom stereocenters. The molecule has 2 rings (SSSR count). The summed E-state index contributed by atoms with van der Waals surface area (Å²) in [6.45, 7) is 13.3. The van der Waals surface area contributed by atoms with Crippen LogP contribution in [0.4, 0.5) is 5.69 Å². The first-order valence-corrected chi connectivity index (χ1v) is 17.7. The number of carbonyl (C=O) groups excluding carboxylic acids is 4. The van der Waals surface area contributed by atoms with Crippen molar-refractivity contribution in [2.75, 3.05) is 60.7 Å². The summed E-state index contributed by atoms with van der Waals surface area (Å²) >= 11 is 0. The molecule has 0 spiro atoms. The van der Waals surface area contributed by atoms with Crippen LogP contribution in [0.3, 0.4) is 0 Å². The Bertz CT molecular complexity index is 1210. The number of benzene rings is 1. The fourth-order valence-electron chi connectivity index (χ4n) is 7.25. The molecule has 1 aliphatic heterocycles. The summed E-state index contributed by atoms with van der Waals surface area (Å²) in [5.74, 6) is -0.894. The molecule has 0 aromatic heterocycles. The Morgan fingerprint density at radius 2 is 1.69 bits per heavy atom.